The van der Waals surface area contributed by atoms with Crippen molar-refractivity contribution in [1.29, 1.82) is 0 Å². The van der Waals surface area contributed by atoms with Crippen LogP contribution in [0.4, 0.5) is 13.2 Å². The van der Waals surface area contributed by atoms with Gasteiger partial charge in [0.1, 0.15) is 5.01 Å². The first-order valence-electron chi connectivity index (χ1n) is 8.08. The molecule has 2 N–H and O–H groups in total. The lowest BCUT2D eigenvalue weighted by molar-refractivity contribution is -0.140. The standard InChI is InChI=1S/C15H21F3N6OS/c1-9(2)13-23-11(25-24-13)5-4-6-20-14(19-3)21-7-12-22-10(8-26-12)15(16,17)18/h8-9H,4-7H2,1-3H3,(H2,19,20,21). The Kier molecular flexibility index (Phi) is 6.95. The van der Waals surface area contributed by atoms with Crippen LogP contribution in [-0.4, -0.2) is 34.7 Å². The van der Waals surface area contributed by atoms with E-state index < -0.39 is 11.9 Å². The van der Waals surface area contributed by atoms with E-state index in [1.165, 1.54) is 0 Å². The summed E-state index contributed by atoms with van der Waals surface area (Å²) in [6, 6.07) is 0. The molecule has 2 rings (SSSR count). The minimum atomic E-state index is -4.42. The van der Waals surface area contributed by atoms with E-state index in [1.807, 2.05) is 13.8 Å². The maximum absolute atomic E-state index is 12.5. The normalized spacial score (nSPS) is 12.7. The highest BCUT2D eigenvalue weighted by atomic mass is 32.1. The molecule has 144 valence electrons. The lowest BCUT2D eigenvalue weighted by atomic mass is 10.2. The maximum Gasteiger partial charge on any atom is 0.434 e. The Hall–Kier alpha value is -2.17. The van der Waals surface area contributed by atoms with Gasteiger partial charge in [-0.3, -0.25) is 4.99 Å². The molecule has 0 aliphatic carbocycles. The van der Waals surface area contributed by atoms with Gasteiger partial charge in [-0.15, -0.1) is 11.3 Å². The lowest BCUT2D eigenvalue weighted by Crippen LogP contribution is -2.37. The van der Waals surface area contributed by atoms with Crippen molar-refractivity contribution in [2.45, 2.75) is 45.3 Å². The third kappa shape index (κ3) is 5.97. The Balaban J connectivity index is 1.71. The van der Waals surface area contributed by atoms with Crippen molar-refractivity contribution >= 4 is 17.3 Å². The highest BCUT2D eigenvalue weighted by Crippen LogP contribution is 2.29. The average Bonchev–Trinajstić information content (AvgIpc) is 3.23. The van der Waals surface area contributed by atoms with Crippen molar-refractivity contribution in [2.75, 3.05) is 13.6 Å². The van der Waals surface area contributed by atoms with E-state index in [2.05, 4.69) is 30.8 Å². The Morgan fingerprint density at radius 1 is 1.31 bits per heavy atom. The summed E-state index contributed by atoms with van der Waals surface area (Å²) in [5.41, 5.74) is -0.873. The Morgan fingerprint density at radius 2 is 2.08 bits per heavy atom. The van der Waals surface area contributed by atoms with Crippen LogP contribution in [0.3, 0.4) is 0 Å². The zero-order valence-corrected chi connectivity index (χ0v) is 15.5. The number of hydrogen-bond donors (Lipinski definition) is 2. The first kappa shape index (κ1) is 20.1. The summed E-state index contributed by atoms with van der Waals surface area (Å²) in [6.07, 6.45) is -3.04. The van der Waals surface area contributed by atoms with Crippen molar-refractivity contribution in [3.8, 4) is 0 Å². The predicted molar refractivity (Wildman–Crippen MR) is 92.0 cm³/mol. The second-order valence-corrected chi connectivity index (χ2v) is 6.72. The van der Waals surface area contributed by atoms with Crippen molar-refractivity contribution < 1.29 is 17.7 Å². The molecule has 7 nitrogen and oxygen atoms in total. The predicted octanol–water partition coefficient (Wildman–Crippen LogP) is 2.97. The highest BCUT2D eigenvalue weighted by molar-refractivity contribution is 7.09. The van der Waals surface area contributed by atoms with Crippen LogP contribution in [0.5, 0.6) is 0 Å². The molecule has 0 radical (unpaired) electrons. The molecule has 2 aromatic heterocycles. The van der Waals surface area contributed by atoms with E-state index in [0.717, 1.165) is 23.1 Å². The Bertz CT molecular complexity index is 725. The van der Waals surface area contributed by atoms with Gasteiger partial charge in [-0.25, -0.2) is 4.98 Å². The van der Waals surface area contributed by atoms with Gasteiger partial charge in [0.25, 0.3) is 0 Å². The van der Waals surface area contributed by atoms with Crippen molar-refractivity contribution in [1.82, 2.24) is 25.8 Å². The molecule has 0 aliphatic rings. The quantitative estimate of drug-likeness (QED) is 0.429. The summed E-state index contributed by atoms with van der Waals surface area (Å²) in [4.78, 5) is 11.9. The van der Waals surface area contributed by atoms with Crippen LogP contribution in [0.15, 0.2) is 14.9 Å². The van der Waals surface area contributed by atoms with Crippen LogP contribution >= 0.6 is 11.3 Å². The SMILES string of the molecule is CN=C(NCCCc1nc(C(C)C)no1)NCc1nc(C(F)(F)F)cs1. The maximum atomic E-state index is 12.5. The Morgan fingerprint density at radius 3 is 2.65 bits per heavy atom. The molecule has 0 saturated carbocycles. The molecule has 0 saturated heterocycles. The molecule has 2 heterocycles. The number of rotatable bonds is 7. The van der Waals surface area contributed by atoms with Crippen LogP contribution in [0.25, 0.3) is 0 Å². The van der Waals surface area contributed by atoms with Gasteiger partial charge in [0.05, 0.1) is 6.54 Å². The van der Waals surface area contributed by atoms with E-state index in [9.17, 15) is 13.2 Å². The third-order valence-electron chi connectivity index (χ3n) is 3.33. The average molecular weight is 390 g/mol. The molecule has 11 heteroatoms. The van der Waals surface area contributed by atoms with E-state index in [0.29, 0.717) is 35.6 Å². The smallest absolute Gasteiger partial charge is 0.356 e. The van der Waals surface area contributed by atoms with Gasteiger partial charge in [-0.2, -0.15) is 18.2 Å². The summed E-state index contributed by atoms with van der Waals surface area (Å²) >= 11 is 0.955. The number of hydrogen-bond acceptors (Lipinski definition) is 6. The molecule has 0 atom stereocenters. The van der Waals surface area contributed by atoms with Crippen molar-refractivity contribution in [2.24, 2.45) is 4.99 Å². The molecular formula is C15H21F3N6OS. The fraction of sp³-hybridized carbons (Fsp3) is 0.600. The number of aromatic nitrogens is 3. The summed E-state index contributed by atoms with van der Waals surface area (Å²) in [5, 5.41) is 11.3. The molecule has 26 heavy (non-hydrogen) atoms. The van der Waals surface area contributed by atoms with Gasteiger partial charge >= 0.3 is 6.18 Å². The van der Waals surface area contributed by atoms with Crippen LogP contribution in [-0.2, 0) is 19.1 Å². The summed E-state index contributed by atoms with van der Waals surface area (Å²) in [5.74, 6) is 1.98. The number of aryl methyl sites for hydroxylation is 1. The second kappa shape index (κ2) is 8.97. The van der Waals surface area contributed by atoms with Crippen LogP contribution in [0, 0.1) is 0 Å². The lowest BCUT2D eigenvalue weighted by Gasteiger charge is -2.10. The number of thiazole rings is 1. The molecule has 0 aromatic carbocycles. The summed E-state index contributed by atoms with van der Waals surface area (Å²) in [7, 11) is 1.59. The van der Waals surface area contributed by atoms with Gasteiger partial charge in [-0.05, 0) is 6.42 Å². The molecule has 0 aliphatic heterocycles. The highest BCUT2D eigenvalue weighted by Gasteiger charge is 2.33. The fourth-order valence-corrected chi connectivity index (χ4v) is 2.69. The largest absolute Gasteiger partial charge is 0.434 e. The van der Waals surface area contributed by atoms with Crippen LogP contribution in [0.2, 0.25) is 0 Å². The van der Waals surface area contributed by atoms with Crippen LogP contribution < -0.4 is 10.6 Å². The minimum absolute atomic E-state index is 0.168. The number of nitrogens with one attached hydrogen (secondary N) is 2. The number of alkyl halides is 3. The fourth-order valence-electron chi connectivity index (χ4n) is 1.95. The summed E-state index contributed by atoms with van der Waals surface area (Å²) < 4.78 is 42.7. The van der Waals surface area contributed by atoms with Gasteiger partial charge in [0.2, 0.25) is 5.89 Å². The zero-order valence-electron chi connectivity index (χ0n) is 14.7. The van der Waals surface area contributed by atoms with Crippen molar-refractivity contribution in [3.05, 3.63) is 27.8 Å². The van der Waals surface area contributed by atoms with E-state index in [4.69, 9.17) is 4.52 Å². The molecular weight excluding hydrogens is 369 g/mol. The van der Waals surface area contributed by atoms with E-state index in [-0.39, 0.29) is 12.5 Å². The first-order valence-corrected chi connectivity index (χ1v) is 8.96. The summed E-state index contributed by atoms with van der Waals surface area (Å²) in [6.45, 7) is 4.75. The topological polar surface area (TPSA) is 88.2 Å². The van der Waals surface area contributed by atoms with Gasteiger partial charge in [0, 0.05) is 31.3 Å². The molecule has 2 aromatic rings. The molecule has 0 amide bonds. The third-order valence-corrected chi connectivity index (χ3v) is 4.18. The van der Waals surface area contributed by atoms with E-state index >= 15 is 0 Å². The number of guanidine groups is 1. The monoisotopic (exact) mass is 390 g/mol. The number of halogens is 3. The molecule has 0 fully saturated rings. The zero-order chi connectivity index (χ0) is 19.2. The number of nitrogens with zero attached hydrogens (tertiary/aromatic N) is 4. The molecule has 0 unspecified atom stereocenters. The van der Waals surface area contributed by atoms with Gasteiger partial charge in [-0.1, -0.05) is 19.0 Å². The molecule has 0 bridgehead atoms. The molecule has 0 spiro atoms. The van der Waals surface area contributed by atoms with Gasteiger partial charge < -0.3 is 15.2 Å². The van der Waals surface area contributed by atoms with E-state index in [1.54, 1.807) is 7.05 Å². The Labute approximate surface area is 153 Å². The number of aliphatic imine (C=N–C) groups is 1. The van der Waals surface area contributed by atoms with Gasteiger partial charge in [0.15, 0.2) is 17.5 Å². The van der Waals surface area contributed by atoms with Crippen molar-refractivity contribution in [3.63, 3.8) is 0 Å². The first-order chi connectivity index (χ1) is 12.3. The van der Waals surface area contributed by atoms with Crippen LogP contribution in [0.1, 0.15) is 48.6 Å². The second-order valence-electron chi connectivity index (χ2n) is 5.78. The minimum Gasteiger partial charge on any atom is -0.356 e.